The molecule has 0 saturated heterocycles. The summed E-state index contributed by atoms with van der Waals surface area (Å²) in [5.41, 5.74) is 2.84. The Morgan fingerprint density at radius 2 is 2.00 bits per heavy atom. The predicted octanol–water partition coefficient (Wildman–Crippen LogP) is 3.84. The zero-order chi connectivity index (χ0) is 14.4. The number of hydrogen-bond donors (Lipinski definition) is 0. The molecule has 0 saturated carbocycles. The van der Waals surface area contributed by atoms with Crippen LogP contribution < -0.4 is 0 Å². The lowest BCUT2D eigenvalue weighted by molar-refractivity contribution is 0.104. The molecule has 102 valence electrons. The van der Waals surface area contributed by atoms with Crippen molar-refractivity contribution < 1.29 is 4.79 Å². The summed E-state index contributed by atoms with van der Waals surface area (Å²) in [5, 5.41) is 2.38. The Hall–Kier alpha value is -1.94. The minimum atomic E-state index is -0.00666. The number of thioether (sulfide) groups is 1. The average Bonchev–Trinajstić information content (AvgIpc) is 2.47. The first-order valence-corrected chi connectivity index (χ1v) is 7.33. The van der Waals surface area contributed by atoms with Crippen LogP contribution in [0.3, 0.4) is 0 Å². The van der Waals surface area contributed by atoms with Gasteiger partial charge in [-0.3, -0.25) is 4.79 Å². The van der Waals surface area contributed by atoms with Crippen molar-refractivity contribution in [3.05, 3.63) is 64.8 Å². The van der Waals surface area contributed by atoms with Crippen LogP contribution in [0.4, 0.5) is 0 Å². The molecule has 0 aliphatic heterocycles. The zero-order valence-electron chi connectivity index (χ0n) is 11.5. The Bertz CT molecular complexity index is 621. The highest BCUT2D eigenvalue weighted by molar-refractivity contribution is 8.02. The predicted molar refractivity (Wildman–Crippen MR) is 81.9 cm³/mol. The fourth-order valence-corrected chi connectivity index (χ4v) is 2.27. The van der Waals surface area contributed by atoms with Gasteiger partial charge in [0.1, 0.15) is 0 Å². The number of nitrogens with zero attached hydrogens (tertiary/aromatic N) is 2. The summed E-state index contributed by atoms with van der Waals surface area (Å²) in [7, 11) is 0. The largest absolute Gasteiger partial charge is 0.289 e. The van der Waals surface area contributed by atoms with Crippen LogP contribution in [0.2, 0.25) is 0 Å². The van der Waals surface area contributed by atoms with Crippen LogP contribution in [0.25, 0.3) is 0 Å². The summed E-state index contributed by atoms with van der Waals surface area (Å²) in [6, 6.07) is 9.53. The van der Waals surface area contributed by atoms with Gasteiger partial charge >= 0.3 is 0 Å². The number of benzene rings is 1. The summed E-state index contributed by atoms with van der Waals surface area (Å²) < 4.78 is 0. The molecule has 1 aromatic carbocycles. The van der Waals surface area contributed by atoms with E-state index in [0.717, 1.165) is 12.1 Å². The van der Waals surface area contributed by atoms with E-state index in [0.29, 0.717) is 10.7 Å². The van der Waals surface area contributed by atoms with E-state index in [4.69, 9.17) is 0 Å². The number of aryl methyl sites for hydroxylation is 2. The van der Waals surface area contributed by atoms with Gasteiger partial charge in [0.05, 0.1) is 0 Å². The molecule has 0 unspecified atom stereocenters. The molecule has 0 aliphatic rings. The van der Waals surface area contributed by atoms with Crippen molar-refractivity contribution in [3.63, 3.8) is 0 Å². The fraction of sp³-hybridized carbons (Fsp3) is 0.188. The van der Waals surface area contributed by atoms with Gasteiger partial charge in [0.2, 0.25) is 0 Å². The third kappa shape index (κ3) is 4.03. The lowest BCUT2D eigenvalue weighted by Gasteiger charge is -1.99. The molecular weight excluding hydrogens is 268 g/mol. The van der Waals surface area contributed by atoms with E-state index in [2.05, 4.69) is 16.9 Å². The molecular formula is C16H16N2OS. The molecule has 0 atom stereocenters. The second kappa shape index (κ2) is 7.01. The standard InChI is InChI=1S/C16H16N2OS/c1-3-13-4-6-14(7-5-13)15(19)9-11-20-16-17-10-8-12(2)18-16/h4-11H,3H2,1-2H3/b11-9+. The van der Waals surface area contributed by atoms with E-state index in [1.165, 1.54) is 17.3 Å². The summed E-state index contributed by atoms with van der Waals surface area (Å²) in [4.78, 5) is 20.3. The Labute approximate surface area is 123 Å². The molecule has 1 aromatic heterocycles. The van der Waals surface area contributed by atoms with Gasteiger partial charge in [-0.25, -0.2) is 9.97 Å². The van der Waals surface area contributed by atoms with Crippen LogP contribution in [0, 0.1) is 6.92 Å². The molecule has 1 heterocycles. The molecule has 2 aromatic rings. The van der Waals surface area contributed by atoms with E-state index in [9.17, 15) is 4.79 Å². The summed E-state index contributed by atoms with van der Waals surface area (Å²) in [5.74, 6) is -0.00666. The van der Waals surface area contributed by atoms with Gasteiger partial charge in [0.15, 0.2) is 10.9 Å². The maximum Gasteiger partial charge on any atom is 0.192 e. The number of carbonyl (C=O) groups excluding carboxylic acids is 1. The van der Waals surface area contributed by atoms with Crippen molar-refractivity contribution in [2.45, 2.75) is 25.4 Å². The molecule has 0 N–H and O–H groups in total. The van der Waals surface area contributed by atoms with Crippen LogP contribution in [0.1, 0.15) is 28.5 Å². The Kier molecular flexibility index (Phi) is 5.07. The van der Waals surface area contributed by atoms with Crippen molar-refractivity contribution in [2.24, 2.45) is 0 Å². The van der Waals surface area contributed by atoms with Gasteiger partial charge in [-0.1, -0.05) is 43.0 Å². The van der Waals surface area contributed by atoms with E-state index < -0.39 is 0 Å². The highest BCUT2D eigenvalue weighted by Crippen LogP contribution is 2.14. The van der Waals surface area contributed by atoms with Gasteiger partial charge in [-0.05, 0) is 36.5 Å². The second-order valence-corrected chi connectivity index (χ2v) is 5.19. The van der Waals surface area contributed by atoms with Crippen molar-refractivity contribution >= 4 is 17.5 Å². The molecule has 0 fully saturated rings. The van der Waals surface area contributed by atoms with Crippen LogP contribution in [0.5, 0.6) is 0 Å². The second-order valence-electron chi connectivity index (χ2n) is 4.32. The minimum absolute atomic E-state index is 0.00666. The van der Waals surface area contributed by atoms with Crippen molar-refractivity contribution in [1.29, 1.82) is 0 Å². The third-order valence-corrected chi connectivity index (χ3v) is 3.49. The number of aromatic nitrogens is 2. The van der Waals surface area contributed by atoms with E-state index in [1.807, 2.05) is 37.3 Å². The SMILES string of the molecule is CCc1ccc(C(=O)/C=C/Sc2nccc(C)n2)cc1. The van der Waals surface area contributed by atoms with Crippen molar-refractivity contribution in [1.82, 2.24) is 9.97 Å². The molecule has 2 rings (SSSR count). The third-order valence-electron chi connectivity index (χ3n) is 2.81. The number of carbonyl (C=O) groups is 1. The van der Waals surface area contributed by atoms with Crippen LogP contribution in [0.15, 0.2) is 53.2 Å². The van der Waals surface area contributed by atoms with Gasteiger partial charge in [0, 0.05) is 17.5 Å². The molecule has 0 amide bonds. The molecule has 20 heavy (non-hydrogen) atoms. The molecule has 0 spiro atoms. The topological polar surface area (TPSA) is 42.9 Å². The lowest BCUT2D eigenvalue weighted by atomic mass is 10.1. The lowest BCUT2D eigenvalue weighted by Crippen LogP contribution is -1.94. The number of hydrogen-bond acceptors (Lipinski definition) is 4. The molecule has 0 bridgehead atoms. The Morgan fingerprint density at radius 3 is 2.65 bits per heavy atom. The van der Waals surface area contributed by atoms with Crippen molar-refractivity contribution in [3.8, 4) is 0 Å². The fourth-order valence-electron chi connectivity index (χ4n) is 1.64. The zero-order valence-corrected chi connectivity index (χ0v) is 12.4. The summed E-state index contributed by atoms with van der Waals surface area (Å²) in [6.07, 6.45) is 4.24. The number of ketones is 1. The summed E-state index contributed by atoms with van der Waals surface area (Å²) in [6.45, 7) is 4.01. The smallest absolute Gasteiger partial charge is 0.192 e. The van der Waals surface area contributed by atoms with Gasteiger partial charge in [0.25, 0.3) is 0 Å². The van der Waals surface area contributed by atoms with Crippen LogP contribution in [-0.2, 0) is 6.42 Å². The first-order valence-electron chi connectivity index (χ1n) is 6.45. The Morgan fingerprint density at radius 1 is 1.25 bits per heavy atom. The van der Waals surface area contributed by atoms with E-state index in [-0.39, 0.29) is 5.78 Å². The van der Waals surface area contributed by atoms with Gasteiger partial charge < -0.3 is 0 Å². The number of allylic oxidation sites excluding steroid dienone is 1. The highest BCUT2D eigenvalue weighted by atomic mass is 32.2. The van der Waals surface area contributed by atoms with E-state index >= 15 is 0 Å². The quantitative estimate of drug-likeness (QED) is 0.362. The molecule has 4 heteroatoms. The first-order chi connectivity index (χ1) is 9.69. The average molecular weight is 284 g/mol. The maximum absolute atomic E-state index is 12.0. The maximum atomic E-state index is 12.0. The van der Waals surface area contributed by atoms with Gasteiger partial charge in [-0.15, -0.1) is 0 Å². The normalized spacial score (nSPS) is 10.9. The first kappa shape index (κ1) is 14.5. The minimum Gasteiger partial charge on any atom is -0.289 e. The molecule has 0 aliphatic carbocycles. The summed E-state index contributed by atoms with van der Waals surface area (Å²) >= 11 is 1.34. The van der Waals surface area contributed by atoms with Gasteiger partial charge in [-0.2, -0.15) is 0 Å². The van der Waals surface area contributed by atoms with Crippen LogP contribution in [-0.4, -0.2) is 15.8 Å². The Balaban J connectivity index is 1.98. The molecule has 3 nitrogen and oxygen atoms in total. The van der Waals surface area contributed by atoms with E-state index in [1.54, 1.807) is 17.7 Å². The van der Waals surface area contributed by atoms with Crippen LogP contribution >= 0.6 is 11.8 Å². The van der Waals surface area contributed by atoms with Crippen molar-refractivity contribution in [2.75, 3.05) is 0 Å². The molecule has 0 radical (unpaired) electrons. The monoisotopic (exact) mass is 284 g/mol. The number of rotatable bonds is 5. The highest BCUT2D eigenvalue weighted by Gasteiger charge is 2.01.